The molecule has 0 aliphatic rings. The maximum Gasteiger partial charge on any atom is 0.258 e. The Labute approximate surface area is 190 Å². The number of benzene rings is 2. The summed E-state index contributed by atoms with van der Waals surface area (Å²) in [6.45, 7) is 2.48. The quantitative estimate of drug-likeness (QED) is 0.454. The Morgan fingerprint density at radius 3 is 2.75 bits per heavy atom. The fourth-order valence-electron chi connectivity index (χ4n) is 3.08. The van der Waals surface area contributed by atoms with Gasteiger partial charge in [-0.15, -0.1) is 0 Å². The molecule has 3 rings (SSSR count). The van der Waals surface area contributed by atoms with Gasteiger partial charge >= 0.3 is 0 Å². The normalized spacial score (nSPS) is 11.6. The van der Waals surface area contributed by atoms with Gasteiger partial charge in [-0.1, -0.05) is 17.7 Å². The molecule has 2 aromatic carbocycles. The first-order valence-corrected chi connectivity index (χ1v) is 11.7. The van der Waals surface area contributed by atoms with E-state index in [2.05, 4.69) is 14.7 Å². The van der Waals surface area contributed by atoms with Crippen LogP contribution in [0.2, 0.25) is 5.02 Å². The number of ether oxygens (including phenoxy) is 1. The molecule has 0 atom stereocenters. The van der Waals surface area contributed by atoms with Gasteiger partial charge in [0.15, 0.2) is 0 Å². The van der Waals surface area contributed by atoms with Crippen LogP contribution < -0.4 is 10.3 Å². The highest BCUT2D eigenvalue weighted by Gasteiger charge is 2.20. The molecule has 2 N–H and O–H groups in total. The number of carbonyl (C=O) groups is 1. The summed E-state index contributed by atoms with van der Waals surface area (Å²) < 4.78 is 32.2. The van der Waals surface area contributed by atoms with Crippen molar-refractivity contribution in [1.82, 2.24) is 19.6 Å². The maximum absolute atomic E-state index is 13.1. The number of hydrogen-bond donors (Lipinski definition) is 2. The Hall–Kier alpha value is -2.79. The number of sulfonamides is 1. The molecule has 3 aromatic rings. The lowest BCUT2D eigenvalue weighted by molar-refractivity contribution is 0.0748. The molecule has 1 heterocycles. The van der Waals surface area contributed by atoms with Crippen LogP contribution in [-0.2, 0) is 21.3 Å². The average molecular weight is 479 g/mol. The molecule has 0 spiro atoms. The maximum atomic E-state index is 13.1. The minimum atomic E-state index is -3.79. The molecule has 1 aromatic heterocycles. The van der Waals surface area contributed by atoms with Gasteiger partial charge in [0.2, 0.25) is 10.0 Å². The minimum absolute atomic E-state index is 0.0256. The number of aromatic nitrogens is 2. The fraction of sp³-hybridized carbons (Fsp3) is 0.286. The summed E-state index contributed by atoms with van der Waals surface area (Å²) in [4.78, 5) is 34.0. The van der Waals surface area contributed by atoms with Gasteiger partial charge in [0.1, 0.15) is 5.82 Å². The van der Waals surface area contributed by atoms with E-state index in [-0.39, 0.29) is 35.7 Å². The van der Waals surface area contributed by atoms with Crippen LogP contribution in [-0.4, -0.2) is 56.0 Å². The predicted molar refractivity (Wildman–Crippen MR) is 121 cm³/mol. The summed E-state index contributed by atoms with van der Waals surface area (Å²) in [5, 5.41) is 0.841. The van der Waals surface area contributed by atoms with Crippen LogP contribution in [0.1, 0.15) is 23.1 Å². The van der Waals surface area contributed by atoms with E-state index in [0.29, 0.717) is 28.3 Å². The van der Waals surface area contributed by atoms with Crippen molar-refractivity contribution in [3.8, 4) is 0 Å². The lowest BCUT2D eigenvalue weighted by Gasteiger charge is -2.21. The number of H-pyrrole nitrogens is 1. The molecule has 170 valence electrons. The van der Waals surface area contributed by atoms with E-state index in [4.69, 9.17) is 16.3 Å². The van der Waals surface area contributed by atoms with Crippen LogP contribution in [0.4, 0.5) is 0 Å². The Morgan fingerprint density at radius 2 is 2.03 bits per heavy atom. The molecule has 0 fully saturated rings. The zero-order chi connectivity index (χ0) is 23.3. The standard InChI is InChI=1S/C21H23ClN4O5S/c1-3-26(13-19-24-18-12-15(22)7-8-17(18)20(27)25-19)21(28)14-5-4-6-16(11-14)32(29,30)23-9-10-31-2/h4-8,11-12,23H,3,9-10,13H2,1-2H3,(H,24,25,27). The van der Waals surface area contributed by atoms with Crippen LogP contribution in [0.15, 0.2) is 52.2 Å². The van der Waals surface area contributed by atoms with Gasteiger partial charge in [0.25, 0.3) is 11.5 Å². The van der Waals surface area contributed by atoms with Crippen molar-refractivity contribution < 1.29 is 17.9 Å². The van der Waals surface area contributed by atoms with E-state index in [0.717, 1.165) is 0 Å². The molecule has 11 heteroatoms. The SMILES string of the molecule is CCN(Cc1nc2cc(Cl)ccc2c(=O)[nH]1)C(=O)c1cccc(S(=O)(=O)NCCOC)c1. The second-order valence-electron chi connectivity index (χ2n) is 6.91. The fourth-order valence-corrected chi connectivity index (χ4v) is 4.31. The summed E-state index contributed by atoms with van der Waals surface area (Å²) in [5.74, 6) is -0.0970. The number of rotatable bonds is 9. The monoisotopic (exact) mass is 478 g/mol. The molecule has 32 heavy (non-hydrogen) atoms. The van der Waals surface area contributed by atoms with Crippen LogP contribution in [0, 0.1) is 0 Å². The Morgan fingerprint density at radius 1 is 1.25 bits per heavy atom. The highest BCUT2D eigenvalue weighted by Crippen LogP contribution is 2.17. The third-order valence-corrected chi connectivity index (χ3v) is 6.41. The number of nitrogens with zero attached hydrogens (tertiary/aromatic N) is 2. The number of carbonyl (C=O) groups excluding carboxylic acids is 1. The molecule has 0 saturated heterocycles. The van der Waals surface area contributed by atoms with Gasteiger partial charge in [-0.25, -0.2) is 18.1 Å². The summed E-state index contributed by atoms with van der Waals surface area (Å²) in [7, 11) is -2.32. The van der Waals surface area contributed by atoms with Gasteiger partial charge in [0.05, 0.1) is 29.0 Å². The van der Waals surface area contributed by atoms with Gasteiger partial charge in [-0.05, 0) is 43.3 Å². The molecule has 0 saturated carbocycles. The Balaban J connectivity index is 1.85. The third kappa shape index (κ3) is 5.52. The van der Waals surface area contributed by atoms with Crippen molar-refractivity contribution in [3.05, 3.63) is 69.2 Å². The van der Waals surface area contributed by atoms with Gasteiger partial charge < -0.3 is 14.6 Å². The number of fused-ring (bicyclic) bond motifs is 1. The first-order chi connectivity index (χ1) is 15.2. The minimum Gasteiger partial charge on any atom is -0.383 e. The van der Waals surface area contributed by atoms with Crippen LogP contribution in [0.25, 0.3) is 10.9 Å². The smallest absolute Gasteiger partial charge is 0.258 e. The number of methoxy groups -OCH3 is 1. The van der Waals surface area contributed by atoms with E-state index < -0.39 is 15.9 Å². The van der Waals surface area contributed by atoms with Gasteiger partial charge in [0, 0.05) is 30.8 Å². The highest BCUT2D eigenvalue weighted by molar-refractivity contribution is 7.89. The molecule has 1 amide bonds. The number of hydrogen-bond acceptors (Lipinski definition) is 6. The predicted octanol–water partition coefficient (Wildman–Crippen LogP) is 2.16. The zero-order valence-electron chi connectivity index (χ0n) is 17.6. The number of halogens is 1. The molecule has 9 nitrogen and oxygen atoms in total. The third-order valence-electron chi connectivity index (χ3n) is 4.72. The topological polar surface area (TPSA) is 121 Å². The van der Waals surface area contributed by atoms with Crippen molar-refractivity contribution in [3.63, 3.8) is 0 Å². The molecular weight excluding hydrogens is 456 g/mol. The molecule has 0 aliphatic heterocycles. The van der Waals surface area contributed by atoms with Crippen molar-refractivity contribution in [1.29, 1.82) is 0 Å². The highest BCUT2D eigenvalue weighted by atomic mass is 35.5. The van der Waals surface area contributed by atoms with Crippen LogP contribution >= 0.6 is 11.6 Å². The number of amides is 1. The summed E-state index contributed by atoms with van der Waals surface area (Å²) in [6, 6.07) is 10.5. The summed E-state index contributed by atoms with van der Waals surface area (Å²) >= 11 is 6.00. The van der Waals surface area contributed by atoms with Crippen LogP contribution in [0.5, 0.6) is 0 Å². The summed E-state index contributed by atoms with van der Waals surface area (Å²) in [6.07, 6.45) is 0. The van der Waals surface area contributed by atoms with E-state index in [1.807, 2.05) is 0 Å². The van der Waals surface area contributed by atoms with Crippen molar-refractivity contribution in [2.24, 2.45) is 0 Å². The largest absolute Gasteiger partial charge is 0.383 e. The molecule has 0 aliphatic carbocycles. The van der Waals surface area contributed by atoms with Crippen LogP contribution in [0.3, 0.4) is 0 Å². The molecule has 0 radical (unpaired) electrons. The lowest BCUT2D eigenvalue weighted by atomic mass is 10.2. The molecule has 0 unspecified atom stereocenters. The Bertz CT molecular complexity index is 1290. The van der Waals surface area contributed by atoms with E-state index in [9.17, 15) is 18.0 Å². The molecule has 0 bridgehead atoms. The zero-order valence-corrected chi connectivity index (χ0v) is 19.2. The van der Waals surface area contributed by atoms with Gasteiger partial charge in [-0.2, -0.15) is 0 Å². The second-order valence-corrected chi connectivity index (χ2v) is 9.12. The van der Waals surface area contributed by atoms with Crippen molar-refractivity contribution in [2.45, 2.75) is 18.4 Å². The van der Waals surface area contributed by atoms with E-state index in [1.54, 1.807) is 25.1 Å². The number of aromatic amines is 1. The number of nitrogens with one attached hydrogen (secondary N) is 2. The molecular formula is C21H23ClN4O5S. The van der Waals surface area contributed by atoms with Crippen molar-refractivity contribution in [2.75, 3.05) is 26.8 Å². The van der Waals surface area contributed by atoms with Crippen molar-refractivity contribution >= 4 is 38.4 Å². The van der Waals surface area contributed by atoms with E-state index in [1.165, 1.54) is 36.3 Å². The van der Waals surface area contributed by atoms with Gasteiger partial charge in [-0.3, -0.25) is 9.59 Å². The first kappa shape index (κ1) is 23.9. The van der Waals surface area contributed by atoms with E-state index >= 15 is 0 Å². The summed E-state index contributed by atoms with van der Waals surface area (Å²) in [5.41, 5.74) is 0.294. The first-order valence-electron chi connectivity index (χ1n) is 9.81. The second kappa shape index (κ2) is 10.2. The Kier molecular flexibility index (Phi) is 7.62. The lowest BCUT2D eigenvalue weighted by Crippen LogP contribution is -2.32. The average Bonchev–Trinajstić information content (AvgIpc) is 2.77.